The van der Waals surface area contributed by atoms with Crippen molar-refractivity contribution in [3.8, 4) is 5.75 Å². The Morgan fingerprint density at radius 1 is 0.935 bits per heavy atom. The summed E-state index contributed by atoms with van der Waals surface area (Å²) in [5, 5.41) is 0. The predicted molar refractivity (Wildman–Crippen MR) is 112 cm³/mol. The third kappa shape index (κ3) is 3.99. The van der Waals surface area contributed by atoms with Crippen LogP contribution in [0.25, 0.3) is 0 Å². The van der Waals surface area contributed by atoms with Gasteiger partial charge >= 0.3 is 5.97 Å². The molecule has 0 unspecified atom stereocenters. The Kier molecular flexibility index (Phi) is 5.66. The maximum absolute atomic E-state index is 12.8. The Balaban J connectivity index is 1.45. The van der Waals surface area contributed by atoms with Crippen LogP contribution in [0.4, 0.5) is 5.69 Å². The second-order valence-corrected chi connectivity index (χ2v) is 7.45. The number of methoxy groups -OCH3 is 1. The smallest absolute Gasteiger partial charge is 0.338 e. The first kappa shape index (κ1) is 20.5. The lowest BCUT2D eigenvalue weighted by atomic mass is 9.85. The first-order valence-electron chi connectivity index (χ1n) is 9.97. The third-order valence-corrected chi connectivity index (χ3v) is 5.57. The highest BCUT2D eigenvalue weighted by molar-refractivity contribution is 6.22. The van der Waals surface area contributed by atoms with Gasteiger partial charge in [-0.2, -0.15) is 0 Å². The summed E-state index contributed by atoms with van der Waals surface area (Å²) in [4.78, 5) is 51.5. The number of amides is 2. The quantitative estimate of drug-likeness (QED) is 0.309. The van der Waals surface area contributed by atoms with Gasteiger partial charge in [-0.3, -0.25) is 19.3 Å². The molecule has 1 aliphatic carbocycles. The lowest BCUT2D eigenvalue weighted by Crippen LogP contribution is -2.31. The number of Topliss-reactive ketones (excluding diaryl/α,β-unsaturated/α-hetero) is 1. The van der Waals surface area contributed by atoms with Gasteiger partial charge < -0.3 is 9.47 Å². The molecule has 1 aliphatic heterocycles. The van der Waals surface area contributed by atoms with Crippen molar-refractivity contribution in [3.05, 3.63) is 71.8 Å². The van der Waals surface area contributed by atoms with Gasteiger partial charge in [-0.25, -0.2) is 4.79 Å². The molecule has 2 aromatic carbocycles. The fraction of sp³-hybridized carbons (Fsp3) is 0.250. The van der Waals surface area contributed by atoms with Crippen molar-refractivity contribution in [3.63, 3.8) is 0 Å². The highest BCUT2D eigenvalue weighted by Gasteiger charge is 2.47. The number of hydrogen-bond donors (Lipinski definition) is 0. The number of hydrogen-bond acceptors (Lipinski definition) is 6. The van der Waals surface area contributed by atoms with E-state index in [0.717, 1.165) is 4.90 Å². The largest absolute Gasteiger partial charge is 0.497 e. The first-order valence-corrected chi connectivity index (χ1v) is 9.97. The van der Waals surface area contributed by atoms with E-state index in [1.165, 1.54) is 19.2 Å². The molecule has 0 bridgehead atoms. The zero-order valence-corrected chi connectivity index (χ0v) is 16.9. The minimum atomic E-state index is -0.712. The molecule has 4 rings (SSSR count). The number of anilines is 1. The molecule has 1 heterocycles. The van der Waals surface area contributed by atoms with Gasteiger partial charge in [0.1, 0.15) is 5.75 Å². The summed E-state index contributed by atoms with van der Waals surface area (Å²) < 4.78 is 10.2. The summed E-state index contributed by atoms with van der Waals surface area (Å²) in [7, 11) is 1.50. The van der Waals surface area contributed by atoms with E-state index >= 15 is 0 Å². The summed E-state index contributed by atoms with van der Waals surface area (Å²) >= 11 is 0. The average Bonchev–Trinajstić information content (AvgIpc) is 3.07. The Morgan fingerprint density at radius 2 is 1.58 bits per heavy atom. The number of ketones is 1. The van der Waals surface area contributed by atoms with Crippen LogP contribution in [0.15, 0.2) is 60.7 Å². The minimum Gasteiger partial charge on any atom is -0.497 e. The van der Waals surface area contributed by atoms with Gasteiger partial charge in [-0.1, -0.05) is 30.4 Å². The molecule has 1 saturated heterocycles. The molecule has 0 saturated carbocycles. The van der Waals surface area contributed by atoms with E-state index in [2.05, 4.69) is 0 Å². The molecular weight excluding hydrogens is 398 g/mol. The van der Waals surface area contributed by atoms with Gasteiger partial charge in [0.2, 0.25) is 11.8 Å². The average molecular weight is 419 g/mol. The molecule has 2 amide bonds. The second-order valence-electron chi connectivity index (χ2n) is 7.45. The molecule has 2 atom stereocenters. The van der Waals surface area contributed by atoms with E-state index in [1.807, 2.05) is 12.2 Å². The van der Waals surface area contributed by atoms with Gasteiger partial charge in [-0.15, -0.1) is 0 Å². The molecular formula is C24H21NO6. The standard InChI is InChI=1S/C24H21NO6/c1-30-18-9-5-6-15(13-18)21(26)14-31-24(29)16-7-4-8-17(12-16)25-22(27)19-10-2-3-11-20(19)23(25)28/h2-9,12-13,19-20H,10-11,14H2,1H3/t19-,20-/m1/s1. The molecule has 0 spiro atoms. The van der Waals surface area contributed by atoms with Crippen LogP contribution in [0.5, 0.6) is 5.75 Å². The summed E-state index contributed by atoms with van der Waals surface area (Å²) in [5.74, 6) is -1.76. The van der Waals surface area contributed by atoms with Crippen LogP contribution in [0.3, 0.4) is 0 Å². The number of nitrogens with zero attached hydrogens (tertiary/aromatic N) is 1. The lowest BCUT2D eigenvalue weighted by Gasteiger charge is -2.15. The highest BCUT2D eigenvalue weighted by atomic mass is 16.5. The number of imide groups is 1. The van der Waals surface area contributed by atoms with Crippen molar-refractivity contribution < 1.29 is 28.7 Å². The fourth-order valence-corrected chi connectivity index (χ4v) is 3.92. The first-order chi connectivity index (χ1) is 15.0. The minimum absolute atomic E-state index is 0.157. The number of carbonyl (C=O) groups is 4. The molecule has 0 aromatic heterocycles. The molecule has 158 valence electrons. The SMILES string of the molecule is COc1cccc(C(=O)COC(=O)c2cccc(N3C(=O)[C@@H]4CC=CC[C@H]4C3=O)c2)c1. The Labute approximate surface area is 179 Å². The highest BCUT2D eigenvalue weighted by Crippen LogP contribution is 2.37. The van der Waals surface area contributed by atoms with Crippen LogP contribution >= 0.6 is 0 Å². The maximum atomic E-state index is 12.8. The Bertz CT molecular complexity index is 1060. The van der Waals surface area contributed by atoms with Crippen molar-refractivity contribution in [1.82, 2.24) is 0 Å². The number of benzene rings is 2. The predicted octanol–water partition coefficient (Wildman–Crippen LogP) is 3.19. The van der Waals surface area contributed by atoms with Crippen LogP contribution in [0.1, 0.15) is 33.6 Å². The molecule has 31 heavy (non-hydrogen) atoms. The summed E-state index contributed by atoms with van der Waals surface area (Å²) in [6, 6.07) is 12.7. The molecule has 2 aromatic rings. The van der Waals surface area contributed by atoms with Crippen molar-refractivity contribution in [2.24, 2.45) is 11.8 Å². The normalized spacial score (nSPS) is 19.8. The van der Waals surface area contributed by atoms with Crippen molar-refractivity contribution in [2.75, 3.05) is 18.6 Å². The topological polar surface area (TPSA) is 90.0 Å². The lowest BCUT2D eigenvalue weighted by molar-refractivity contribution is -0.122. The van der Waals surface area contributed by atoms with E-state index in [1.54, 1.807) is 36.4 Å². The monoisotopic (exact) mass is 419 g/mol. The molecule has 0 N–H and O–H groups in total. The number of fused-ring (bicyclic) bond motifs is 1. The van der Waals surface area contributed by atoms with Gasteiger partial charge in [0.05, 0.1) is 30.2 Å². The van der Waals surface area contributed by atoms with E-state index < -0.39 is 12.6 Å². The third-order valence-electron chi connectivity index (χ3n) is 5.57. The Hall–Kier alpha value is -3.74. The van der Waals surface area contributed by atoms with Crippen molar-refractivity contribution >= 4 is 29.3 Å². The van der Waals surface area contributed by atoms with Crippen LogP contribution < -0.4 is 9.64 Å². The van der Waals surface area contributed by atoms with Gasteiger partial charge in [0.15, 0.2) is 12.4 Å². The fourth-order valence-electron chi connectivity index (χ4n) is 3.92. The van der Waals surface area contributed by atoms with E-state index in [4.69, 9.17) is 9.47 Å². The van der Waals surface area contributed by atoms with E-state index in [-0.39, 0.29) is 35.0 Å². The van der Waals surface area contributed by atoms with E-state index in [0.29, 0.717) is 29.8 Å². The maximum Gasteiger partial charge on any atom is 0.338 e. The van der Waals surface area contributed by atoms with E-state index in [9.17, 15) is 19.2 Å². The van der Waals surface area contributed by atoms with Crippen molar-refractivity contribution in [1.29, 1.82) is 0 Å². The number of carbonyl (C=O) groups excluding carboxylic acids is 4. The van der Waals surface area contributed by atoms with Gasteiger partial charge in [-0.05, 0) is 43.2 Å². The van der Waals surface area contributed by atoms with Gasteiger partial charge in [0, 0.05) is 5.56 Å². The molecule has 7 nitrogen and oxygen atoms in total. The summed E-state index contributed by atoms with van der Waals surface area (Å²) in [6.45, 7) is -0.437. The second kappa shape index (κ2) is 8.55. The molecule has 1 fully saturated rings. The molecule has 2 aliphatic rings. The molecule has 0 radical (unpaired) electrons. The zero-order chi connectivity index (χ0) is 22.0. The van der Waals surface area contributed by atoms with Crippen LogP contribution in [0.2, 0.25) is 0 Å². The Morgan fingerprint density at radius 3 is 2.26 bits per heavy atom. The summed E-state index contributed by atoms with van der Waals surface area (Å²) in [6.07, 6.45) is 4.92. The number of rotatable bonds is 6. The zero-order valence-electron chi connectivity index (χ0n) is 16.9. The number of ether oxygens (including phenoxy) is 2. The summed E-state index contributed by atoms with van der Waals surface area (Å²) in [5.41, 5.74) is 0.855. The van der Waals surface area contributed by atoms with Crippen molar-refractivity contribution in [2.45, 2.75) is 12.8 Å². The van der Waals surface area contributed by atoms with Crippen LogP contribution in [-0.2, 0) is 14.3 Å². The van der Waals surface area contributed by atoms with Crippen LogP contribution in [-0.4, -0.2) is 37.3 Å². The number of allylic oxidation sites excluding steroid dienone is 2. The van der Waals surface area contributed by atoms with Gasteiger partial charge in [0.25, 0.3) is 0 Å². The van der Waals surface area contributed by atoms with Crippen LogP contribution in [0, 0.1) is 11.8 Å². The number of esters is 1. The molecule has 7 heteroatoms.